The highest BCUT2D eigenvalue weighted by Crippen LogP contribution is 2.22. The molecule has 18 heavy (non-hydrogen) atoms. The van der Waals surface area contributed by atoms with Crippen LogP contribution in [0.2, 0.25) is 0 Å². The Morgan fingerprint density at radius 2 is 2.44 bits per heavy atom. The number of imidazole rings is 1. The smallest absolute Gasteiger partial charge is 0.308 e. The number of hydrogen-bond donors (Lipinski definition) is 2. The van der Waals surface area contributed by atoms with Crippen LogP contribution in [0.3, 0.4) is 0 Å². The van der Waals surface area contributed by atoms with E-state index in [9.17, 15) is 4.79 Å². The molecule has 0 amide bonds. The van der Waals surface area contributed by atoms with Crippen LogP contribution in [-0.2, 0) is 4.79 Å². The van der Waals surface area contributed by atoms with Crippen LogP contribution >= 0.6 is 0 Å². The van der Waals surface area contributed by atoms with Crippen molar-refractivity contribution in [2.75, 3.05) is 18.0 Å². The molecule has 0 spiro atoms. The molecule has 1 unspecified atom stereocenters. The number of nitrogens with one attached hydrogen (secondary N) is 1. The van der Waals surface area contributed by atoms with E-state index < -0.39 is 5.97 Å². The van der Waals surface area contributed by atoms with Gasteiger partial charge in [0, 0.05) is 19.3 Å². The summed E-state index contributed by atoms with van der Waals surface area (Å²) in [6, 6.07) is 3.76. The lowest BCUT2D eigenvalue weighted by molar-refractivity contribution is -0.141. The average molecular weight is 246 g/mol. The maximum absolute atomic E-state index is 11.0. The van der Waals surface area contributed by atoms with Crippen molar-refractivity contribution in [3.63, 3.8) is 0 Å². The van der Waals surface area contributed by atoms with Gasteiger partial charge in [-0.2, -0.15) is 4.98 Å². The Kier molecular flexibility index (Phi) is 2.62. The third-order valence-corrected chi connectivity index (χ3v) is 3.32. The van der Waals surface area contributed by atoms with E-state index in [-0.39, 0.29) is 5.92 Å². The molecule has 0 radical (unpaired) electrons. The minimum atomic E-state index is -0.728. The van der Waals surface area contributed by atoms with Gasteiger partial charge < -0.3 is 15.0 Å². The molecule has 1 atom stereocenters. The number of carboxylic acids is 1. The van der Waals surface area contributed by atoms with Gasteiger partial charge in [-0.3, -0.25) is 4.79 Å². The first-order valence-electron chi connectivity index (χ1n) is 6.02. The fraction of sp³-hybridized carbons (Fsp3) is 0.417. The van der Waals surface area contributed by atoms with Gasteiger partial charge in [0.05, 0.1) is 11.4 Å². The maximum Gasteiger partial charge on any atom is 0.308 e. The van der Waals surface area contributed by atoms with Gasteiger partial charge in [-0.15, -0.1) is 0 Å². The molecule has 2 aromatic rings. The van der Waals surface area contributed by atoms with Crippen molar-refractivity contribution < 1.29 is 9.90 Å². The molecule has 3 rings (SSSR count). The largest absolute Gasteiger partial charge is 0.481 e. The number of pyridine rings is 1. The lowest BCUT2D eigenvalue weighted by Gasteiger charge is -2.30. The molecule has 1 saturated heterocycles. The van der Waals surface area contributed by atoms with Crippen molar-refractivity contribution in [3.05, 3.63) is 18.3 Å². The van der Waals surface area contributed by atoms with Crippen molar-refractivity contribution in [2.24, 2.45) is 5.92 Å². The first-order valence-corrected chi connectivity index (χ1v) is 6.02. The molecule has 0 aromatic carbocycles. The number of anilines is 1. The molecule has 6 heteroatoms. The van der Waals surface area contributed by atoms with Crippen LogP contribution in [0.4, 0.5) is 5.95 Å². The van der Waals surface area contributed by atoms with Gasteiger partial charge in [0.15, 0.2) is 5.65 Å². The van der Waals surface area contributed by atoms with E-state index in [0.717, 1.165) is 30.9 Å². The first-order chi connectivity index (χ1) is 8.74. The van der Waals surface area contributed by atoms with E-state index in [2.05, 4.69) is 15.0 Å². The standard InChI is InChI=1S/C12H14N4O2/c17-11(18)8-3-2-6-16(7-8)12-14-9-4-1-5-13-10(9)15-12/h1,4-5,8H,2-3,6-7H2,(H,17,18)(H,13,14,15). The van der Waals surface area contributed by atoms with Gasteiger partial charge >= 0.3 is 5.97 Å². The van der Waals surface area contributed by atoms with Crippen LogP contribution in [0.15, 0.2) is 18.3 Å². The Morgan fingerprint density at radius 1 is 1.56 bits per heavy atom. The summed E-state index contributed by atoms with van der Waals surface area (Å²) in [5.74, 6) is -0.316. The van der Waals surface area contributed by atoms with Crippen LogP contribution in [0.1, 0.15) is 12.8 Å². The zero-order valence-electron chi connectivity index (χ0n) is 9.83. The molecule has 1 fully saturated rings. The van der Waals surface area contributed by atoms with Crippen LogP contribution in [0, 0.1) is 5.92 Å². The fourth-order valence-corrected chi connectivity index (χ4v) is 2.35. The average Bonchev–Trinajstić information content (AvgIpc) is 2.82. The highest BCUT2D eigenvalue weighted by Gasteiger charge is 2.26. The number of carbonyl (C=O) groups is 1. The molecule has 2 aromatic heterocycles. The number of fused-ring (bicyclic) bond motifs is 1. The fourth-order valence-electron chi connectivity index (χ4n) is 2.35. The molecule has 1 aliphatic heterocycles. The number of carboxylic acid groups (broad SMARTS) is 1. The summed E-state index contributed by atoms with van der Waals surface area (Å²) in [6.07, 6.45) is 3.31. The van der Waals surface area contributed by atoms with E-state index in [1.807, 2.05) is 17.0 Å². The van der Waals surface area contributed by atoms with Gasteiger partial charge in [0.1, 0.15) is 0 Å². The zero-order chi connectivity index (χ0) is 12.5. The number of aromatic nitrogens is 3. The zero-order valence-corrected chi connectivity index (χ0v) is 9.83. The Morgan fingerprint density at radius 3 is 3.22 bits per heavy atom. The van der Waals surface area contributed by atoms with Crippen molar-refractivity contribution in [2.45, 2.75) is 12.8 Å². The lowest BCUT2D eigenvalue weighted by Crippen LogP contribution is -2.39. The molecule has 2 N–H and O–H groups in total. The predicted octanol–water partition coefficient (Wildman–Crippen LogP) is 1.26. The summed E-state index contributed by atoms with van der Waals surface area (Å²) in [6.45, 7) is 1.35. The number of aromatic amines is 1. The van der Waals surface area contributed by atoms with Gasteiger partial charge in [0.2, 0.25) is 5.95 Å². The van der Waals surface area contributed by atoms with Crippen LogP contribution < -0.4 is 4.90 Å². The molecule has 0 aliphatic carbocycles. The Bertz CT molecular complexity index is 547. The minimum absolute atomic E-state index is 0.306. The number of rotatable bonds is 2. The highest BCUT2D eigenvalue weighted by atomic mass is 16.4. The molecule has 6 nitrogen and oxygen atoms in total. The van der Waals surface area contributed by atoms with Crippen LogP contribution in [0.25, 0.3) is 11.2 Å². The third kappa shape index (κ3) is 1.90. The summed E-state index contributed by atoms with van der Waals surface area (Å²) in [5.41, 5.74) is 1.55. The number of nitrogens with zero attached hydrogens (tertiary/aromatic N) is 3. The first kappa shape index (κ1) is 11.0. The lowest BCUT2D eigenvalue weighted by atomic mass is 9.99. The van der Waals surface area contributed by atoms with E-state index in [1.165, 1.54) is 0 Å². The van der Waals surface area contributed by atoms with Crippen molar-refractivity contribution in [1.82, 2.24) is 15.0 Å². The number of H-pyrrole nitrogens is 1. The Balaban J connectivity index is 1.87. The normalized spacial score (nSPS) is 20.2. The van der Waals surface area contributed by atoms with Crippen LogP contribution in [-0.4, -0.2) is 39.1 Å². The number of hydrogen-bond acceptors (Lipinski definition) is 4. The van der Waals surface area contributed by atoms with Gasteiger partial charge in [-0.25, -0.2) is 4.98 Å². The highest BCUT2D eigenvalue weighted by molar-refractivity contribution is 5.74. The molecule has 0 saturated carbocycles. The third-order valence-electron chi connectivity index (χ3n) is 3.32. The molecule has 3 heterocycles. The predicted molar refractivity (Wildman–Crippen MR) is 66.5 cm³/mol. The van der Waals surface area contributed by atoms with Crippen molar-refractivity contribution in [1.29, 1.82) is 0 Å². The second-order valence-corrected chi connectivity index (χ2v) is 4.56. The maximum atomic E-state index is 11.0. The van der Waals surface area contributed by atoms with Gasteiger partial charge in [-0.1, -0.05) is 0 Å². The monoisotopic (exact) mass is 246 g/mol. The summed E-state index contributed by atoms with van der Waals surface area (Å²) < 4.78 is 0. The van der Waals surface area contributed by atoms with E-state index in [1.54, 1.807) is 6.20 Å². The second-order valence-electron chi connectivity index (χ2n) is 4.56. The van der Waals surface area contributed by atoms with E-state index in [4.69, 9.17) is 5.11 Å². The van der Waals surface area contributed by atoms with E-state index >= 15 is 0 Å². The summed E-state index contributed by atoms with van der Waals surface area (Å²) in [5, 5.41) is 9.07. The van der Waals surface area contributed by atoms with Crippen molar-refractivity contribution >= 4 is 23.1 Å². The quantitative estimate of drug-likeness (QED) is 0.833. The molecular weight excluding hydrogens is 232 g/mol. The Hall–Kier alpha value is -2.11. The Labute approximate surface area is 104 Å². The minimum Gasteiger partial charge on any atom is -0.481 e. The summed E-state index contributed by atoms with van der Waals surface area (Å²) >= 11 is 0. The molecular formula is C12H14N4O2. The SMILES string of the molecule is O=C(O)C1CCCN(c2nc3ncccc3[nH]2)C1. The van der Waals surface area contributed by atoms with E-state index in [0.29, 0.717) is 12.2 Å². The van der Waals surface area contributed by atoms with Gasteiger partial charge in [0.25, 0.3) is 0 Å². The van der Waals surface area contributed by atoms with Crippen LogP contribution in [0.5, 0.6) is 0 Å². The number of aliphatic carboxylic acids is 1. The summed E-state index contributed by atoms with van der Waals surface area (Å²) in [7, 11) is 0. The van der Waals surface area contributed by atoms with Gasteiger partial charge in [-0.05, 0) is 25.0 Å². The molecule has 94 valence electrons. The second kappa shape index (κ2) is 4.29. The topological polar surface area (TPSA) is 82.1 Å². The number of piperidine rings is 1. The summed E-state index contributed by atoms with van der Waals surface area (Å²) in [4.78, 5) is 24.8. The molecule has 0 bridgehead atoms. The van der Waals surface area contributed by atoms with Crippen molar-refractivity contribution in [3.8, 4) is 0 Å². The molecule has 1 aliphatic rings.